The van der Waals surface area contributed by atoms with Gasteiger partial charge in [0.1, 0.15) is 5.69 Å². The number of anilines is 2. The maximum Gasteiger partial charge on any atom is 0.177 e. The quantitative estimate of drug-likeness (QED) is 0.511. The van der Waals surface area contributed by atoms with Crippen LogP contribution in [-0.2, 0) is 0 Å². The molecule has 2 heterocycles. The summed E-state index contributed by atoms with van der Waals surface area (Å²) in [5.41, 5.74) is 12.2. The SMILES string of the molecule is Nc1ccc2c(N)c1O2. The van der Waals surface area contributed by atoms with Crippen molar-refractivity contribution >= 4 is 11.4 Å². The summed E-state index contributed by atoms with van der Waals surface area (Å²) in [5, 5.41) is 0. The van der Waals surface area contributed by atoms with Gasteiger partial charge in [-0.25, -0.2) is 0 Å². The molecule has 46 valence electrons. The van der Waals surface area contributed by atoms with E-state index in [2.05, 4.69) is 0 Å². The zero-order valence-corrected chi connectivity index (χ0v) is 4.72. The number of rotatable bonds is 0. The minimum absolute atomic E-state index is 0.613. The standard InChI is InChI=1S/C6H6N2O/c7-3-1-2-4-5(8)6(3)9-4/h1-2H,7-8H2. The Bertz CT molecular complexity index is 263. The molecule has 4 N–H and O–H groups in total. The lowest BCUT2D eigenvalue weighted by atomic mass is 10.2. The Morgan fingerprint density at radius 1 is 1.22 bits per heavy atom. The maximum atomic E-state index is 5.48. The second kappa shape index (κ2) is 1.13. The average Bonchev–Trinajstić information content (AvgIpc) is 1.86. The number of nitrogens with two attached hydrogens (primary N) is 2. The molecule has 3 rings (SSSR count). The van der Waals surface area contributed by atoms with Gasteiger partial charge in [-0.1, -0.05) is 0 Å². The van der Waals surface area contributed by atoms with Crippen LogP contribution in [0.5, 0.6) is 11.5 Å². The van der Waals surface area contributed by atoms with Crippen LogP contribution in [-0.4, -0.2) is 0 Å². The second-order valence-corrected chi connectivity index (χ2v) is 2.00. The number of hydrogen-bond acceptors (Lipinski definition) is 3. The molecule has 0 saturated heterocycles. The molecule has 0 atom stereocenters. The van der Waals surface area contributed by atoms with Gasteiger partial charge >= 0.3 is 0 Å². The Morgan fingerprint density at radius 2 is 2.00 bits per heavy atom. The van der Waals surface area contributed by atoms with Crippen LogP contribution in [0.2, 0.25) is 0 Å². The lowest BCUT2D eigenvalue weighted by Crippen LogP contribution is -2.06. The normalized spacial score (nSPS) is 12.0. The van der Waals surface area contributed by atoms with E-state index in [0.29, 0.717) is 17.1 Å². The predicted molar refractivity (Wildman–Crippen MR) is 35.3 cm³/mol. The van der Waals surface area contributed by atoms with E-state index in [1.54, 1.807) is 12.1 Å². The molecule has 0 aliphatic carbocycles. The number of benzene rings is 1. The van der Waals surface area contributed by atoms with E-state index >= 15 is 0 Å². The van der Waals surface area contributed by atoms with Gasteiger partial charge in [-0.3, -0.25) is 0 Å². The molecule has 2 aliphatic heterocycles. The topological polar surface area (TPSA) is 61.3 Å². The molecular weight excluding hydrogens is 116 g/mol. The number of hydrogen-bond donors (Lipinski definition) is 2. The first-order valence-corrected chi connectivity index (χ1v) is 2.65. The first-order valence-electron chi connectivity index (χ1n) is 2.65. The summed E-state index contributed by atoms with van der Waals surface area (Å²) < 4.78 is 5.02. The molecule has 1 aromatic carbocycles. The summed E-state index contributed by atoms with van der Waals surface area (Å²) in [4.78, 5) is 0. The predicted octanol–water partition coefficient (Wildman–Crippen LogP) is 0.957. The third-order valence-corrected chi connectivity index (χ3v) is 1.40. The number of nitrogen functional groups attached to an aromatic ring is 2. The molecule has 0 fully saturated rings. The molecule has 9 heavy (non-hydrogen) atoms. The van der Waals surface area contributed by atoms with Crippen molar-refractivity contribution in [1.29, 1.82) is 0 Å². The third-order valence-electron chi connectivity index (χ3n) is 1.40. The van der Waals surface area contributed by atoms with Crippen molar-refractivity contribution in [2.24, 2.45) is 0 Å². The van der Waals surface area contributed by atoms with Gasteiger partial charge in [0.2, 0.25) is 0 Å². The van der Waals surface area contributed by atoms with Crippen molar-refractivity contribution in [3.05, 3.63) is 12.1 Å². The van der Waals surface area contributed by atoms with Crippen molar-refractivity contribution in [3.63, 3.8) is 0 Å². The van der Waals surface area contributed by atoms with E-state index in [1.165, 1.54) is 0 Å². The fourth-order valence-electron chi connectivity index (χ4n) is 0.865. The fraction of sp³-hybridized carbons (Fsp3) is 0. The molecule has 0 unspecified atom stereocenters. The van der Waals surface area contributed by atoms with Gasteiger partial charge in [0, 0.05) is 0 Å². The molecule has 0 spiro atoms. The Morgan fingerprint density at radius 3 is 2.33 bits per heavy atom. The first-order chi connectivity index (χ1) is 4.29. The van der Waals surface area contributed by atoms with Crippen LogP contribution < -0.4 is 16.2 Å². The first kappa shape index (κ1) is 4.49. The van der Waals surface area contributed by atoms with Gasteiger partial charge < -0.3 is 16.2 Å². The minimum atomic E-state index is 0.613. The molecule has 0 saturated carbocycles. The zero-order valence-electron chi connectivity index (χ0n) is 4.72. The largest absolute Gasteiger partial charge is 0.451 e. The van der Waals surface area contributed by atoms with E-state index in [1.807, 2.05) is 0 Å². The smallest absolute Gasteiger partial charge is 0.177 e. The van der Waals surface area contributed by atoms with Crippen molar-refractivity contribution < 1.29 is 4.74 Å². The van der Waals surface area contributed by atoms with E-state index in [4.69, 9.17) is 16.2 Å². The summed E-state index contributed by atoms with van der Waals surface area (Å²) in [5.74, 6) is 1.37. The van der Waals surface area contributed by atoms with Crippen molar-refractivity contribution in [2.45, 2.75) is 0 Å². The molecule has 2 aliphatic rings. The third kappa shape index (κ3) is 0.367. The summed E-state index contributed by atoms with van der Waals surface area (Å²) in [7, 11) is 0. The zero-order chi connectivity index (χ0) is 6.43. The summed E-state index contributed by atoms with van der Waals surface area (Å²) in [6.45, 7) is 0. The molecular formula is C6H6N2O. The van der Waals surface area contributed by atoms with Gasteiger partial charge in [0.25, 0.3) is 0 Å². The molecule has 0 aromatic heterocycles. The van der Waals surface area contributed by atoms with Gasteiger partial charge in [-0.15, -0.1) is 0 Å². The fourth-order valence-corrected chi connectivity index (χ4v) is 0.865. The van der Waals surface area contributed by atoms with Gasteiger partial charge in [0.15, 0.2) is 11.5 Å². The van der Waals surface area contributed by atoms with E-state index in [0.717, 1.165) is 5.75 Å². The van der Waals surface area contributed by atoms with Crippen LogP contribution in [0, 0.1) is 0 Å². The Balaban J connectivity index is 2.74. The van der Waals surface area contributed by atoms with Crippen LogP contribution in [0.15, 0.2) is 12.1 Å². The number of fused-ring (bicyclic) bond motifs is 2. The Kier molecular flexibility index (Phi) is 0.563. The van der Waals surface area contributed by atoms with Gasteiger partial charge in [-0.05, 0) is 12.1 Å². The highest BCUT2D eigenvalue weighted by Gasteiger charge is 2.21. The second-order valence-electron chi connectivity index (χ2n) is 2.00. The lowest BCUT2D eigenvalue weighted by Gasteiger charge is -2.21. The molecule has 3 nitrogen and oxygen atoms in total. The van der Waals surface area contributed by atoms with E-state index in [-0.39, 0.29) is 0 Å². The highest BCUT2D eigenvalue weighted by atomic mass is 16.5. The Labute approximate surface area is 52.2 Å². The molecule has 2 bridgehead atoms. The minimum Gasteiger partial charge on any atom is -0.451 e. The van der Waals surface area contributed by atoms with Crippen LogP contribution in [0.25, 0.3) is 0 Å². The maximum absolute atomic E-state index is 5.48. The van der Waals surface area contributed by atoms with Crippen molar-refractivity contribution in [3.8, 4) is 11.5 Å². The highest BCUT2D eigenvalue weighted by molar-refractivity contribution is 5.80. The number of ether oxygens (including phenoxy) is 1. The molecule has 0 amide bonds. The lowest BCUT2D eigenvalue weighted by molar-refractivity contribution is 0.450. The van der Waals surface area contributed by atoms with Crippen LogP contribution in [0.1, 0.15) is 0 Å². The molecule has 3 heteroatoms. The van der Waals surface area contributed by atoms with Crippen LogP contribution >= 0.6 is 0 Å². The van der Waals surface area contributed by atoms with E-state index < -0.39 is 0 Å². The summed E-state index contributed by atoms with van der Waals surface area (Å²) in [6.07, 6.45) is 0. The highest BCUT2D eigenvalue weighted by Crippen LogP contribution is 2.48. The van der Waals surface area contributed by atoms with Gasteiger partial charge in [-0.2, -0.15) is 0 Å². The summed E-state index contributed by atoms with van der Waals surface area (Å²) in [6, 6.07) is 3.54. The molecule has 0 radical (unpaired) electrons. The Hall–Kier alpha value is -1.38. The molecule has 1 aromatic rings. The van der Waals surface area contributed by atoms with Crippen molar-refractivity contribution in [1.82, 2.24) is 0 Å². The van der Waals surface area contributed by atoms with E-state index in [9.17, 15) is 0 Å². The summed E-state index contributed by atoms with van der Waals surface area (Å²) >= 11 is 0. The van der Waals surface area contributed by atoms with Crippen molar-refractivity contribution in [2.75, 3.05) is 11.5 Å². The van der Waals surface area contributed by atoms with Crippen LogP contribution in [0.3, 0.4) is 0 Å². The van der Waals surface area contributed by atoms with Crippen LogP contribution in [0.4, 0.5) is 11.4 Å². The average molecular weight is 122 g/mol. The monoisotopic (exact) mass is 122 g/mol. The van der Waals surface area contributed by atoms with Gasteiger partial charge in [0.05, 0.1) is 5.69 Å².